The van der Waals surface area contributed by atoms with Crippen molar-refractivity contribution < 1.29 is 56.3 Å². The van der Waals surface area contributed by atoms with Gasteiger partial charge >= 0.3 is 29.2 Å². The lowest BCUT2D eigenvalue weighted by molar-refractivity contribution is -0.0446. The quantitative estimate of drug-likeness (QED) is 0.119. The molecule has 29 heavy (non-hydrogen) atoms. The van der Waals surface area contributed by atoms with Gasteiger partial charge in [0.15, 0.2) is 6.23 Å². The van der Waals surface area contributed by atoms with Gasteiger partial charge in [-0.15, -0.1) is 0 Å². The van der Waals surface area contributed by atoms with Gasteiger partial charge in [0.1, 0.15) is 6.10 Å². The summed E-state index contributed by atoms with van der Waals surface area (Å²) in [7, 11) is -16.6. The van der Waals surface area contributed by atoms with Crippen molar-refractivity contribution in [3.8, 4) is 0 Å². The van der Waals surface area contributed by atoms with Crippen LogP contribution in [0.15, 0.2) is 21.9 Å². The van der Waals surface area contributed by atoms with Crippen LogP contribution in [-0.4, -0.2) is 57.0 Å². The summed E-state index contributed by atoms with van der Waals surface area (Å²) in [5.74, 6) is 0. The minimum atomic E-state index is -5.68. The molecule has 1 aromatic heterocycles. The van der Waals surface area contributed by atoms with Gasteiger partial charge in [-0.25, -0.2) is 18.5 Å². The molecule has 6 atom stereocenters. The van der Waals surface area contributed by atoms with E-state index >= 15 is 0 Å². The maximum atomic E-state index is 11.8. The SMILES string of the molecule is O=c1ccn([C@@H]2O[C@H](COP(=O)(O)OP(=O)(O)OP(=O)(O)O)C(O)[C@@H]2I)c(=O)[nH]1. The maximum Gasteiger partial charge on any atom is 0.490 e. The first kappa shape index (κ1) is 25.0. The molecule has 0 bridgehead atoms. The van der Waals surface area contributed by atoms with Gasteiger partial charge in [-0.05, 0) is 0 Å². The number of aromatic nitrogens is 2. The summed E-state index contributed by atoms with van der Waals surface area (Å²) in [4.78, 5) is 60.4. The zero-order valence-corrected chi connectivity index (χ0v) is 18.6. The first-order valence-electron chi connectivity index (χ1n) is 7.18. The Balaban J connectivity index is 2.06. The summed E-state index contributed by atoms with van der Waals surface area (Å²) in [5.41, 5.74) is -1.51. The Morgan fingerprint density at radius 2 is 1.76 bits per heavy atom. The Hall–Kier alpha value is -0.260. The summed E-state index contributed by atoms with van der Waals surface area (Å²) in [6, 6.07) is 1.03. The molecule has 1 fully saturated rings. The summed E-state index contributed by atoms with van der Waals surface area (Å²) in [5, 5.41) is 10.2. The lowest BCUT2D eigenvalue weighted by Crippen LogP contribution is -2.35. The van der Waals surface area contributed by atoms with E-state index in [9.17, 15) is 33.3 Å². The number of phosphoric acid groups is 3. The predicted molar refractivity (Wildman–Crippen MR) is 98.9 cm³/mol. The number of hydrogen-bond acceptors (Lipinski definition) is 10. The fraction of sp³-hybridized carbons (Fsp3) is 0.556. The first-order valence-corrected chi connectivity index (χ1v) is 12.9. The predicted octanol–water partition coefficient (Wildman–Crippen LogP) is -1.06. The van der Waals surface area contributed by atoms with E-state index in [2.05, 4.69) is 13.1 Å². The van der Waals surface area contributed by atoms with E-state index in [1.807, 2.05) is 4.98 Å². The molecule has 0 radical (unpaired) electrons. The van der Waals surface area contributed by atoms with E-state index < -0.39 is 63.7 Å². The molecule has 2 rings (SSSR count). The number of aliphatic hydroxyl groups is 1. The third-order valence-electron chi connectivity index (χ3n) is 3.24. The van der Waals surface area contributed by atoms with Crippen LogP contribution in [0.2, 0.25) is 0 Å². The van der Waals surface area contributed by atoms with Crippen molar-refractivity contribution in [3.63, 3.8) is 0 Å². The minimum absolute atomic E-state index is 0.668. The Labute approximate surface area is 174 Å². The zero-order valence-electron chi connectivity index (χ0n) is 13.7. The van der Waals surface area contributed by atoms with Crippen molar-refractivity contribution in [1.82, 2.24) is 9.55 Å². The van der Waals surface area contributed by atoms with Crippen LogP contribution < -0.4 is 11.2 Å². The lowest BCUT2D eigenvalue weighted by Gasteiger charge is -2.19. The second-order valence-electron chi connectivity index (χ2n) is 5.40. The number of H-pyrrole nitrogens is 1. The van der Waals surface area contributed by atoms with Gasteiger partial charge in [0, 0.05) is 12.3 Å². The number of halogens is 1. The van der Waals surface area contributed by atoms with Crippen LogP contribution in [0.1, 0.15) is 6.23 Å². The van der Waals surface area contributed by atoms with Crippen LogP contribution in [-0.2, 0) is 31.6 Å². The molecule has 1 aromatic rings. The molecule has 16 nitrogen and oxygen atoms in total. The Morgan fingerprint density at radius 3 is 2.31 bits per heavy atom. The number of hydrogen-bond donors (Lipinski definition) is 6. The number of ether oxygens (including phenoxy) is 1. The van der Waals surface area contributed by atoms with Crippen LogP contribution in [0.4, 0.5) is 0 Å². The summed E-state index contributed by atoms with van der Waals surface area (Å²) >= 11 is 1.73. The summed E-state index contributed by atoms with van der Waals surface area (Å²) < 4.78 is 50.6. The fourth-order valence-electron chi connectivity index (χ4n) is 2.16. The normalized spacial score (nSPS) is 29.3. The number of nitrogens with zero attached hydrogens (tertiary/aromatic N) is 1. The average molecular weight is 594 g/mol. The monoisotopic (exact) mass is 594 g/mol. The number of aliphatic hydroxyl groups excluding tert-OH is 1. The van der Waals surface area contributed by atoms with Gasteiger partial charge in [0.25, 0.3) is 5.56 Å². The Morgan fingerprint density at radius 1 is 1.14 bits per heavy atom. The molecule has 20 heteroatoms. The van der Waals surface area contributed by atoms with E-state index in [0.717, 1.165) is 16.8 Å². The third kappa shape index (κ3) is 7.14. The topological polar surface area (TPSA) is 244 Å². The standard InChI is InChI=1S/C9H14IN2O14P3/c10-6-7(14)4(24-8(6)12-2-1-5(13)11-9(12)15)3-23-28(19,20)26-29(21,22)25-27(16,17)18/h1-2,4,6-8,14H,3H2,(H,19,20)(H,21,22)(H,11,13,15)(H2,16,17,18)/t4-,6+,7?,8-/m1/s1. The lowest BCUT2D eigenvalue weighted by atomic mass is 10.2. The molecule has 0 aromatic carbocycles. The molecule has 166 valence electrons. The number of phosphoric ester groups is 1. The van der Waals surface area contributed by atoms with Crippen LogP contribution in [0.3, 0.4) is 0 Å². The highest BCUT2D eigenvalue weighted by Crippen LogP contribution is 2.66. The molecule has 0 amide bonds. The van der Waals surface area contributed by atoms with Gasteiger partial charge in [0.2, 0.25) is 0 Å². The third-order valence-corrected chi connectivity index (χ3v) is 8.39. The van der Waals surface area contributed by atoms with E-state index in [1.165, 1.54) is 0 Å². The molecule has 6 N–H and O–H groups in total. The van der Waals surface area contributed by atoms with Gasteiger partial charge in [-0.3, -0.25) is 18.9 Å². The smallest absolute Gasteiger partial charge is 0.389 e. The van der Waals surface area contributed by atoms with Gasteiger partial charge < -0.3 is 29.4 Å². The maximum absolute atomic E-state index is 11.8. The summed E-state index contributed by atoms with van der Waals surface area (Å²) in [6.45, 7) is -0.890. The van der Waals surface area contributed by atoms with E-state index in [0.29, 0.717) is 0 Å². The molecular formula is C9H14IN2O14P3. The minimum Gasteiger partial charge on any atom is -0.389 e. The van der Waals surface area contributed by atoms with Gasteiger partial charge in [-0.1, -0.05) is 22.6 Å². The Bertz CT molecular complexity index is 1000. The van der Waals surface area contributed by atoms with Gasteiger partial charge in [-0.2, -0.15) is 8.62 Å². The average Bonchev–Trinajstić information content (AvgIpc) is 2.78. The molecule has 1 saturated heterocycles. The highest BCUT2D eigenvalue weighted by molar-refractivity contribution is 14.1. The molecule has 3 unspecified atom stereocenters. The van der Waals surface area contributed by atoms with E-state index in [-0.39, 0.29) is 0 Å². The fourth-order valence-corrected chi connectivity index (χ4v) is 6.17. The molecule has 0 aliphatic carbocycles. The van der Waals surface area contributed by atoms with Crippen LogP contribution in [0.25, 0.3) is 0 Å². The molecule has 0 saturated carbocycles. The molecule has 0 spiro atoms. The van der Waals surface area contributed by atoms with Crippen molar-refractivity contribution in [2.45, 2.75) is 22.4 Å². The first-order chi connectivity index (χ1) is 13.1. The second-order valence-corrected chi connectivity index (χ2v) is 11.3. The van der Waals surface area contributed by atoms with Crippen molar-refractivity contribution in [2.75, 3.05) is 6.61 Å². The number of nitrogens with one attached hydrogen (secondary N) is 1. The van der Waals surface area contributed by atoms with Gasteiger partial charge in [0.05, 0.1) is 16.6 Å². The molecule has 1 aliphatic rings. The number of alkyl halides is 1. The van der Waals surface area contributed by atoms with Crippen molar-refractivity contribution in [3.05, 3.63) is 33.1 Å². The molecule has 2 heterocycles. The zero-order chi connectivity index (χ0) is 22.2. The highest BCUT2D eigenvalue weighted by Gasteiger charge is 2.46. The van der Waals surface area contributed by atoms with Crippen molar-refractivity contribution in [2.24, 2.45) is 0 Å². The molecule has 1 aliphatic heterocycles. The van der Waals surface area contributed by atoms with Crippen molar-refractivity contribution in [1.29, 1.82) is 0 Å². The van der Waals surface area contributed by atoms with Crippen molar-refractivity contribution >= 4 is 46.1 Å². The molecular weight excluding hydrogens is 580 g/mol. The number of aromatic amines is 1. The van der Waals surface area contributed by atoms with E-state index in [1.54, 1.807) is 22.6 Å². The highest BCUT2D eigenvalue weighted by atomic mass is 127. The van der Waals surface area contributed by atoms with Crippen LogP contribution >= 0.6 is 46.1 Å². The van der Waals surface area contributed by atoms with E-state index in [4.69, 9.17) is 19.4 Å². The number of rotatable bonds is 8. The summed E-state index contributed by atoms with van der Waals surface area (Å²) in [6.07, 6.45) is -2.68. The van der Waals surface area contributed by atoms with Crippen LogP contribution in [0, 0.1) is 0 Å². The largest absolute Gasteiger partial charge is 0.490 e. The Kier molecular flexibility index (Phi) is 7.83. The van der Waals surface area contributed by atoms with Crippen LogP contribution in [0.5, 0.6) is 0 Å². The second kappa shape index (κ2) is 9.08.